The smallest absolute Gasteiger partial charge is 0.266 e. The Hall–Kier alpha value is -2.52. The fourth-order valence-corrected chi connectivity index (χ4v) is 1.99. The number of ether oxygens (including phenoxy) is 2. The molecule has 0 radical (unpaired) electrons. The maximum absolute atomic E-state index is 12.2. The predicted molar refractivity (Wildman–Crippen MR) is 77.7 cm³/mol. The number of nitrogens with one attached hydrogen (secondary N) is 1. The number of nitriles is 1. The Kier molecular flexibility index (Phi) is 5.18. The molecule has 1 aromatic rings. The Morgan fingerprint density at radius 1 is 1.43 bits per heavy atom. The summed E-state index contributed by atoms with van der Waals surface area (Å²) in [5.74, 6) is 0.355. The van der Waals surface area contributed by atoms with Crippen LogP contribution in [0, 0.1) is 11.3 Å². The quantitative estimate of drug-likeness (QED) is 0.669. The van der Waals surface area contributed by atoms with Gasteiger partial charge in [0.25, 0.3) is 5.91 Å². The zero-order valence-electron chi connectivity index (χ0n) is 11.8. The highest BCUT2D eigenvalue weighted by Gasteiger charge is 2.20. The highest BCUT2D eigenvalue weighted by atomic mass is 16.5. The summed E-state index contributed by atoms with van der Waals surface area (Å²) in [7, 11) is 1.56. The highest BCUT2D eigenvalue weighted by Crippen LogP contribution is 2.23. The summed E-state index contributed by atoms with van der Waals surface area (Å²) in [5.41, 5.74) is 0.755. The maximum atomic E-state index is 12.2. The molecule has 0 unspecified atom stereocenters. The zero-order valence-corrected chi connectivity index (χ0v) is 11.8. The second-order valence-corrected chi connectivity index (χ2v) is 4.42. The molecule has 0 saturated carbocycles. The summed E-state index contributed by atoms with van der Waals surface area (Å²) in [6, 6.07) is 9.23. The lowest BCUT2D eigenvalue weighted by atomic mass is 10.2. The van der Waals surface area contributed by atoms with Crippen LogP contribution < -0.4 is 10.1 Å². The van der Waals surface area contributed by atoms with Crippen LogP contribution in [0.5, 0.6) is 5.75 Å². The largest absolute Gasteiger partial charge is 0.495 e. The van der Waals surface area contributed by atoms with Gasteiger partial charge in [0.15, 0.2) is 0 Å². The molecule has 0 atom stereocenters. The standard InChI is InChI=1S/C15H17N3O3/c1-20-14-5-3-2-4-13(14)17-11-12(10-16)15(19)18-6-8-21-9-7-18/h2-5,11,17H,6-9H2,1H3/b12-11-. The Bertz CT molecular complexity index is 572. The van der Waals surface area contributed by atoms with Crippen molar-refractivity contribution in [3.8, 4) is 11.8 Å². The summed E-state index contributed by atoms with van der Waals surface area (Å²) in [6.45, 7) is 2.02. The lowest BCUT2D eigenvalue weighted by Crippen LogP contribution is -2.41. The molecule has 1 N–H and O–H groups in total. The van der Waals surface area contributed by atoms with Crippen molar-refractivity contribution in [1.82, 2.24) is 4.90 Å². The predicted octanol–water partition coefficient (Wildman–Crippen LogP) is 1.37. The van der Waals surface area contributed by atoms with Gasteiger partial charge >= 0.3 is 0 Å². The van der Waals surface area contributed by atoms with E-state index in [0.717, 1.165) is 0 Å². The fraction of sp³-hybridized carbons (Fsp3) is 0.333. The SMILES string of the molecule is COc1ccccc1N/C=C(/C#N)C(=O)N1CCOCC1. The van der Waals surface area contributed by atoms with E-state index in [4.69, 9.17) is 14.7 Å². The van der Waals surface area contributed by atoms with E-state index in [1.54, 1.807) is 18.1 Å². The van der Waals surface area contributed by atoms with Gasteiger partial charge in [-0.15, -0.1) is 0 Å². The van der Waals surface area contributed by atoms with E-state index in [9.17, 15) is 4.79 Å². The Labute approximate surface area is 123 Å². The Balaban J connectivity index is 2.10. The highest BCUT2D eigenvalue weighted by molar-refractivity contribution is 5.97. The molecule has 1 fully saturated rings. The van der Waals surface area contributed by atoms with Crippen LogP contribution in [-0.2, 0) is 9.53 Å². The first kappa shape index (κ1) is 14.9. The number of hydrogen-bond donors (Lipinski definition) is 1. The molecule has 0 aromatic heterocycles. The molecule has 2 rings (SSSR count). The van der Waals surface area contributed by atoms with Crippen LogP contribution in [0.2, 0.25) is 0 Å². The van der Waals surface area contributed by atoms with Gasteiger partial charge in [0.1, 0.15) is 17.4 Å². The number of amides is 1. The van der Waals surface area contributed by atoms with Gasteiger partial charge in [-0.25, -0.2) is 0 Å². The van der Waals surface area contributed by atoms with Gasteiger partial charge in [0.2, 0.25) is 0 Å². The fourth-order valence-electron chi connectivity index (χ4n) is 1.99. The first-order chi connectivity index (χ1) is 10.3. The van der Waals surface area contributed by atoms with Crippen molar-refractivity contribution >= 4 is 11.6 Å². The topological polar surface area (TPSA) is 74.6 Å². The molecule has 0 spiro atoms. The molecular formula is C15H17N3O3. The van der Waals surface area contributed by atoms with E-state index >= 15 is 0 Å². The molecule has 110 valence electrons. The first-order valence-electron chi connectivity index (χ1n) is 6.63. The van der Waals surface area contributed by atoms with Gasteiger partial charge in [0.05, 0.1) is 26.0 Å². The summed E-state index contributed by atoms with van der Waals surface area (Å²) in [4.78, 5) is 13.8. The van der Waals surface area contributed by atoms with Crippen LogP contribution in [0.4, 0.5) is 5.69 Å². The van der Waals surface area contributed by atoms with E-state index in [2.05, 4.69) is 5.32 Å². The molecule has 1 aliphatic heterocycles. The number of carbonyl (C=O) groups excluding carboxylic acids is 1. The molecular weight excluding hydrogens is 270 g/mol. The normalized spacial score (nSPS) is 15.2. The van der Waals surface area contributed by atoms with Crippen molar-refractivity contribution in [3.63, 3.8) is 0 Å². The van der Waals surface area contributed by atoms with E-state index < -0.39 is 0 Å². The van der Waals surface area contributed by atoms with Crippen LogP contribution >= 0.6 is 0 Å². The van der Waals surface area contributed by atoms with Crippen LogP contribution in [0.1, 0.15) is 0 Å². The number of methoxy groups -OCH3 is 1. The minimum atomic E-state index is -0.289. The number of morpholine rings is 1. The van der Waals surface area contributed by atoms with Gasteiger partial charge in [0, 0.05) is 19.3 Å². The monoisotopic (exact) mass is 287 g/mol. The van der Waals surface area contributed by atoms with Gasteiger partial charge in [-0.3, -0.25) is 4.79 Å². The molecule has 0 aliphatic carbocycles. The lowest BCUT2D eigenvalue weighted by Gasteiger charge is -2.26. The van der Waals surface area contributed by atoms with Crippen LogP contribution in [0.25, 0.3) is 0 Å². The van der Waals surface area contributed by atoms with Gasteiger partial charge < -0.3 is 19.7 Å². The second kappa shape index (κ2) is 7.31. The van der Waals surface area contributed by atoms with Crippen LogP contribution in [-0.4, -0.2) is 44.2 Å². The van der Waals surface area contributed by atoms with Crippen LogP contribution in [0.15, 0.2) is 36.0 Å². The lowest BCUT2D eigenvalue weighted by molar-refractivity contribution is -0.130. The first-order valence-corrected chi connectivity index (χ1v) is 6.63. The Morgan fingerprint density at radius 2 is 2.14 bits per heavy atom. The average molecular weight is 287 g/mol. The van der Waals surface area contributed by atoms with Crippen molar-refractivity contribution in [2.24, 2.45) is 0 Å². The molecule has 6 nitrogen and oxygen atoms in total. The zero-order chi connectivity index (χ0) is 15.1. The molecule has 1 saturated heterocycles. The number of carbonyl (C=O) groups is 1. The van der Waals surface area contributed by atoms with Gasteiger partial charge in [-0.1, -0.05) is 12.1 Å². The van der Waals surface area contributed by atoms with Crippen molar-refractivity contribution < 1.29 is 14.3 Å². The second-order valence-electron chi connectivity index (χ2n) is 4.42. The number of nitrogens with zero attached hydrogens (tertiary/aromatic N) is 2. The van der Waals surface area contributed by atoms with Gasteiger partial charge in [-0.2, -0.15) is 5.26 Å². The van der Waals surface area contributed by atoms with E-state index in [0.29, 0.717) is 37.7 Å². The minimum absolute atomic E-state index is 0.0582. The third-order valence-electron chi connectivity index (χ3n) is 3.13. The number of para-hydroxylation sites is 2. The van der Waals surface area contributed by atoms with Crippen LogP contribution in [0.3, 0.4) is 0 Å². The van der Waals surface area contributed by atoms with Crippen molar-refractivity contribution in [1.29, 1.82) is 5.26 Å². The number of anilines is 1. The van der Waals surface area contributed by atoms with Gasteiger partial charge in [-0.05, 0) is 12.1 Å². The van der Waals surface area contributed by atoms with Crippen molar-refractivity contribution in [2.75, 3.05) is 38.7 Å². The van der Waals surface area contributed by atoms with Crippen molar-refractivity contribution in [3.05, 3.63) is 36.0 Å². The van der Waals surface area contributed by atoms with E-state index in [1.165, 1.54) is 6.20 Å². The molecule has 0 bridgehead atoms. The molecule has 6 heteroatoms. The Morgan fingerprint density at radius 3 is 2.81 bits per heavy atom. The van der Waals surface area contributed by atoms with E-state index in [1.807, 2.05) is 24.3 Å². The summed E-state index contributed by atoms with van der Waals surface area (Å²) in [6.07, 6.45) is 1.41. The molecule has 21 heavy (non-hydrogen) atoms. The number of hydrogen-bond acceptors (Lipinski definition) is 5. The summed E-state index contributed by atoms with van der Waals surface area (Å²) in [5, 5.41) is 12.1. The third-order valence-corrected chi connectivity index (χ3v) is 3.13. The molecule has 1 aliphatic rings. The molecule has 1 heterocycles. The maximum Gasteiger partial charge on any atom is 0.266 e. The number of benzene rings is 1. The average Bonchev–Trinajstić information content (AvgIpc) is 2.56. The third kappa shape index (κ3) is 3.74. The van der Waals surface area contributed by atoms with Crippen molar-refractivity contribution in [2.45, 2.75) is 0 Å². The van der Waals surface area contributed by atoms with E-state index in [-0.39, 0.29) is 11.5 Å². The number of rotatable bonds is 4. The molecule has 1 aromatic carbocycles. The minimum Gasteiger partial charge on any atom is -0.495 e. The summed E-state index contributed by atoms with van der Waals surface area (Å²) < 4.78 is 10.4. The summed E-state index contributed by atoms with van der Waals surface area (Å²) >= 11 is 0. The molecule has 1 amide bonds.